The fourth-order valence-electron chi connectivity index (χ4n) is 3.37. The molecule has 0 aromatic heterocycles. The Morgan fingerprint density at radius 3 is 2.74 bits per heavy atom. The number of ether oxygens (including phenoxy) is 1. The number of hydrogen-bond donors (Lipinski definition) is 1. The Labute approximate surface area is 115 Å². The summed E-state index contributed by atoms with van der Waals surface area (Å²) in [4.78, 5) is 2.33. The number of benzene rings is 1. The Morgan fingerprint density at radius 2 is 2.11 bits per heavy atom. The molecule has 1 fully saturated rings. The third kappa shape index (κ3) is 2.05. The van der Waals surface area contributed by atoms with Crippen molar-refractivity contribution in [3.05, 3.63) is 28.8 Å². The summed E-state index contributed by atoms with van der Waals surface area (Å²) in [5, 5.41) is 3.46. The zero-order chi connectivity index (χ0) is 13.6. The summed E-state index contributed by atoms with van der Waals surface area (Å²) in [6.45, 7) is 6.39. The van der Waals surface area contributed by atoms with E-state index in [0.717, 1.165) is 31.7 Å². The van der Waals surface area contributed by atoms with Gasteiger partial charge in [0.1, 0.15) is 11.4 Å². The van der Waals surface area contributed by atoms with Crippen molar-refractivity contribution in [1.82, 2.24) is 10.2 Å². The van der Waals surface area contributed by atoms with Crippen LogP contribution in [0.2, 0.25) is 0 Å². The van der Waals surface area contributed by atoms with Crippen LogP contribution in [0.4, 0.5) is 0 Å². The predicted octanol–water partition coefficient (Wildman–Crippen LogP) is 2.42. The summed E-state index contributed by atoms with van der Waals surface area (Å²) in [5.74, 6) is 1.13. The van der Waals surface area contributed by atoms with E-state index in [2.05, 4.69) is 50.3 Å². The van der Waals surface area contributed by atoms with Crippen molar-refractivity contribution in [3.63, 3.8) is 0 Å². The normalized spacial score (nSPS) is 29.6. The van der Waals surface area contributed by atoms with Gasteiger partial charge in [0, 0.05) is 31.0 Å². The predicted molar refractivity (Wildman–Crippen MR) is 77.8 cm³/mol. The fraction of sp³-hybridized carbons (Fsp3) is 0.625. The van der Waals surface area contributed by atoms with Crippen LogP contribution in [0.3, 0.4) is 0 Å². The molecule has 104 valence electrons. The molecule has 2 aliphatic heterocycles. The van der Waals surface area contributed by atoms with Gasteiger partial charge in [-0.1, -0.05) is 12.1 Å². The molecule has 0 aliphatic carbocycles. The quantitative estimate of drug-likeness (QED) is 0.839. The highest BCUT2D eigenvalue weighted by molar-refractivity contribution is 5.49. The summed E-state index contributed by atoms with van der Waals surface area (Å²) < 4.78 is 6.48. The van der Waals surface area contributed by atoms with Gasteiger partial charge in [0.15, 0.2) is 0 Å². The van der Waals surface area contributed by atoms with Crippen LogP contribution in [0.25, 0.3) is 0 Å². The van der Waals surface area contributed by atoms with E-state index in [1.165, 1.54) is 16.7 Å². The average molecular weight is 260 g/mol. The topological polar surface area (TPSA) is 24.5 Å². The Kier molecular flexibility index (Phi) is 3.06. The SMILES string of the molecule is Cc1ccc2c(c1C)OC1(CCNC1)CC2N(C)C. The van der Waals surface area contributed by atoms with E-state index in [0.29, 0.717) is 6.04 Å². The van der Waals surface area contributed by atoms with Crippen LogP contribution in [-0.4, -0.2) is 37.7 Å². The Bertz CT molecular complexity index is 490. The van der Waals surface area contributed by atoms with E-state index in [1.54, 1.807) is 0 Å². The Morgan fingerprint density at radius 1 is 1.32 bits per heavy atom. The lowest BCUT2D eigenvalue weighted by Crippen LogP contribution is -2.45. The third-order valence-corrected chi connectivity index (χ3v) is 4.78. The minimum atomic E-state index is 0.000486. The first kappa shape index (κ1) is 12.9. The average Bonchev–Trinajstić information content (AvgIpc) is 2.82. The maximum Gasteiger partial charge on any atom is 0.128 e. The number of nitrogens with zero attached hydrogens (tertiary/aromatic N) is 1. The van der Waals surface area contributed by atoms with Gasteiger partial charge in [0.05, 0.1) is 0 Å². The van der Waals surface area contributed by atoms with Crippen molar-refractivity contribution in [3.8, 4) is 5.75 Å². The first-order valence-electron chi connectivity index (χ1n) is 7.19. The van der Waals surface area contributed by atoms with Gasteiger partial charge in [-0.05, 0) is 45.6 Å². The van der Waals surface area contributed by atoms with Crippen LogP contribution >= 0.6 is 0 Å². The van der Waals surface area contributed by atoms with E-state index >= 15 is 0 Å². The molecule has 2 unspecified atom stereocenters. The van der Waals surface area contributed by atoms with E-state index in [-0.39, 0.29) is 5.60 Å². The number of fused-ring (bicyclic) bond motifs is 1. The van der Waals surface area contributed by atoms with Gasteiger partial charge < -0.3 is 15.0 Å². The van der Waals surface area contributed by atoms with Gasteiger partial charge in [-0.25, -0.2) is 0 Å². The van der Waals surface area contributed by atoms with Crippen molar-refractivity contribution in [2.24, 2.45) is 0 Å². The minimum absolute atomic E-state index is 0.000486. The van der Waals surface area contributed by atoms with Gasteiger partial charge in [-0.3, -0.25) is 0 Å². The van der Waals surface area contributed by atoms with Crippen molar-refractivity contribution < 1.29 is 4.74 Å². The molecule has 0 amide bonds. The monoisotopic (exact) mass is 260 g/mol. The van der Waals surface area contributed by atoms with Crippen molar-refractivity contribution in [2.45, 2.75) is 38.3 Å². The maximum atomic E-state index is 6.48. The van der Waals surface area contributed by atoms with Crippen molar-refractivity contribution in [2.75, 3.05) is 27.2 Å². The highest BCUT2D eigenvalue weighted by Crippen LogP contribution is 2.46. The Hall–Kier alpha value is -1.06. The second-order valence-corrected chi connectivity index (χ2v) is 6.32. The highest BCUT2D eigenvalue weighted by Gasteiger charge is 2.44. The van der Waals surface area contributed by atoms with E-state index in [9.17, 15) is 0 Å². The summed E-state index contributed by atoms with van der Waals surface area (Å²) >= 11 is 0. The van der Waals surface area contributed by atoms with Crippen LogP contribution in [0.1, 0.15) is 35.6 Å². The molecule has 3 rings (SSSR count). The summed E-state index contributed by atoms with van der Waals surface area (Å²) in [6, 6.07) is 4.93. The molecule has 2 heterocycles. The lowest BCUT2D eigenvalue weighted by atomic mass is 9.84. The van der Waals surface area contributed by atoms with Crippen LogP contribution < -0.4 is 10.1 Å². The molecule has 1 aromatic carbocycles. The zero-order valence-electron chi connectivity index (χ0n) is 12.4. The number of aryl methyl sites for hydroxylation is 1. The minimum Gasteiger partial charge on any atom is -0.485 e. The lowest BCUT2D eigenvalue weighted by Gasteiger charge is -2.42. The van der Waals surface area contributed by atoms with Crippen LogP contribution in [0.15, 0.2) is 12.1 Å². The molecule has 2 atom stereocenters. The van der Waals surface area contributed by atoms with Gasteiger partial charge >= 0.3 is 0 Å². The lowest BCUT2D eigenvalue weighted by molar-refractivity contribution is 0.0281. The third-order valence-electron chi connectivity index (χ3n) is 4.78. The molecule has 3 nitrogen and oxygen atoms in total. The van der Waals surface area contributed by atoms with Crippen LogP contribution in [0.5, 0.6) is 5.75 Å². The van der Waals surface area contributed by atoms with Gasteiger partial charge in [0.25, 0.3) is 0 Å². The number of hydrogen-bond acceptors (Lipinski definition) is 3. The van der Waals surface area contributed by atoms with Crippen molar-refractivity contribution in [1.29, 1.82) is 0 Å². The van der Waals surface area contributed by atoms with E-state index in [1.807, 2.05) is 0 Å². The summed E-state index contributed by atoms with van der Waals surface area (Å²) in [7, 11) is 4.34. The second kappa shape index (κ2) is 4.50. The van der Waals surface area contributed by atoms with Crippen LogP contribution in [-0.2, 0) is 0 Å². The number of nitrogens with one attached hydrogen (secondary N) is 1. The summed E-state index contributed by atoms with van der Waals surface area (Å²) in [6.07, 6.45) is 2.20. The van der Waals surface area contributed by atoms with E-state index in [4.69, 9.17) is 4.74 Å². The fourth-order valence-corrected chi connectivity index (χ4v) is 3.37. The van der Waals surface area contributed by atoms with Gasteiger partial charge in [-0.15, -0.1) is 0 Å². The molecule has 0 radical (unpaired) electrons. The molecule has 1 aromatic rings. The maximum absolute atomic E-state index is 6.48. The first-order valence-corrected chi connectivity index (χ1v) is 7.19. The molecule has 3 heteroatoms. The highest BCUT2D eigenvalue weighted by atomic mass is 16.5. The molecular formula is C16H24N2O. The van der Waals surface area contributed by atoms with E-state index < -0.39 is 0 Å². The molecule has 2 aliphatic rings. The molecule has 0 bridgehead atoms. The smallest absolute Gasteiger partial charge is 0.128 e. The first-order chi connectivity index (χ1) is 9.02. The molecule has 0 saturated carbocycles. The second-order valence-electron chi connectivity index (χ2n) is 6.32. The van der Waals surface area contributed by atoms with Crippen molar-refractivity contribution >= 4 is 0 Å². The molecule has 1 saturated heterocycles. The van der Waals surface area contributed by atoms with Crippen LogP contribution in [0, 0.1) is 13.8 Å². The summed E-state index contributed by atoms with van der Waals surface area (Å²) in [5.41, 5.74) is 3.97. The molecule has 19 heavy (non-hydrogen) atoms. The molecule has 1 spiro atoms. The zero-order valence-corrected chi connectivity index (χ0v) is 12.4. The number of rotatable bonds is 1. The standard InChI is InChI=1S/C16H24N2O/c1-11-5-6-13-14(18(3)4)9-16(7-8-17-10-16)19-15(13)12(11)2/h5-6,14,17H,7-10H2,1-4H3. The molecule has 1 N–H and O–H groups in total. The van der Waals surface area contributed by atoms with Gasteiger partial charge in [-0.2, -0.15) is 0 Å². The Balaban J connectivity index is 2.09. The van der Waals surface area contributed by atoms with Gasteiger partial charge in [0.2, 0.25) is 0 Å². The largest absolute Gasteiger partial charge is 0.485 e. The molecular weight excluding hydrogens is 236 g/mol.